The number of halogens is 6. The lowest BCUT2D eigenvalue weighted by molar-refractivity contribution is -0.140. The number of piperidine rings is 1. The van der Waals surface area contributed by atoms with Gasteiger partial charge in [0.05, 0.1) is 23.1 Å². The third kappa shape index (κ3) is 5.12. The summed E-state index contributed by atoms with van der Waals surface area (Å²) in [4.78, 5) is 34.0. The average Bonchev–Trinajstić information content (AvgIpc) is 3.55. The predicted molar refractivity (Wildman–Crippen MR) is 143 cm³/mol. The minimum Gasteiger partial charge on any atom is -0.358 e. The van der Waals surface area contributed by atoms with E-state index in [0.717, 1.165) is 23.0 Å². The molecule has 0 aliphatic carbocycles. The maximum atomic E-state index is 14.5. The van der Waals surface area contributed by atoms with Gasteiger partial charge in [0.1, 0.15) is 23.0 Å². The Bertz CT molecular complexity index is 1710. The van der Waals surface area contributed by atoms with Gasteiger partial charge in [-0.1, -0.05) is 0 Å². The van der Waals surface area contributed by atoms with Gasteiger partial charge in [-0.05, 0) is 61.4 Å². The second-order valence-corrected chi connectivity index (χ2v) is 10.5. The van der Waals surface area contributed by atoms with Gasteiger partial charge in [-0.15, -0.1) is 0 Å². The van der Waals surface area contributed by atoms with E-state index in [-0.39, 0.29) is 41.5 Å². The van der Waals surface area contributed by atoms with Crippen molar-refractivity contribution in [2.75, 3.05) is 24.5 Å². The quantitative estimate of drug-likeness (QED) is 0.277. The molecule has 4 aromatic rings. The van der Waals surface area contributed by atoms with Crippen molar-refractivity contribution in [3.63, 3.8) is 0 Å². The van der Waals surface area contributed by atoms with Crippen molar-refractivity contribution in [3.05, 3.63) is 95.7 Å². The van der Waals surface area contributed by atoms with Gasteiger partial charge in [-0.2, -0.15) is 18.3 Å². The minimum absolute atomic E-state index is 0.0402. The molecule has 0 bridgehead atoms. The molecule has 2 aromatic carbocycles. The van der Waals surface area contributed by atoms with Crippen LogP contribution in [0.15, 0.2) is 67.0 Å². The van der Waals surface area contributed by atoms with Crippen molar-refractivity contribution >= 4 is 17.4 Å². The van der Waals surface area contributed by atoms with Crippen LogP contribution in [0.25, 0.3) is 16.9 Å². The van der Waals surface area contributed by atoms with Crippen molar-refractivity contribution in [2.45, 2.75) is 31.0 Å². The molecule has 2 fully saturated rings. The van der Waals surface area contributed by atoms with Crippen LogP contribution in [0, 0.1) is 17.5 Å². The van der Waals surface area contributed by atoms with Gasteiger partial charge in [0.25, 0.3) is 5.91 Å². The molecule has 0 saturated carbocycles. The largest absolute Gasteiger partial charge is 0.419 e. The number of anilines is 1. The molecule has 0 unspecified atom stereocenters. The van der Waals surface area contributed by atoms with E-state index in [1.165, 1.54) is 29.3 Å². The molecule has 4 heterocycles. The van der Waals surface area contributed by atoms with E-state index in [2.05, 4.69) is 10.1 Å². The number of hydrogen-bond acceptors (Lipinski definition) is 5. The summed E-state index contributed by atoms with van der Waals surface area (Å²) in [6.45, 7) is 0.860. The summed E-state index contributed by atoms with van der Waals surface area (Å²) >= 11 is 0. The highest BCUT2D eigenvalue weighted by Gasteiger charge is 2.50. The molecule has 43 heavy (non-hydrogen) atoms. The van der Waals surface area contributed by atoms with Crippen molar-refractivity contribution in [2.24, 2.45) is 0 Å². The van der Waals surface area contributed by atoms with E-state index in [1.54, 1.807) is 12.1 Å². The van der Waals surface area contributed by atoms with Gasteiger partial charge < -0.3 is 9.80 Å². The number of rotatable bonds is 4. The number of nitrogens with zero attached hydrogens (tertiary/aromatic N) is 5. The number of pyridine rings is 1. The number of likely N-dealkylation sites (tertiary alicyclic amines) is 1. The fourth-order valence-electron chi connectivity index (χ4n) is 5.90. The summed E-state index contributed by atoms with van der Waals surface area (Å²) in [5.41, 5.74) is -1.55. The van der Waals surface area contributed by atoms with Gasteiger partial charge in [0.2, 0.25) is 0 Å². The van der Waals surface area contributed by atoms with Gasteiger partial charge in [-0.3, -0.25) is 14.6 Å². The van der Waals surface area contributed by atoms with Crippen LogP contribution in [-0.4, -0.2) is 56.5 Å². The van der Waals surface area contributed by atoms with E-state index >= 15 is 0 Å². The highest BCUT2D eigenvalue weighted by molar-refractivity contribution is 5.97. The van der Waals surface area contributed by atoms with Crippen LogP contribution in [-0.2, 0) is 11.0 Å². The third-order valence-electron chi connectivity index (χ3n) is 8.05. The molecule has 6 rings (SSSR count). The first-order chi connectivity index (χ1) is 20.5. The molecule has 2 aliphatic rings. The molecule has 7 nitrogen and oxygen atoms in total. The van der Waals surface area contributed by atoms with E-state index in [1.807, 2.05) is 4.90 Å². The summed E-state index contributed by atoms with van der Waals surface area (Å²) in [5, 5.41) is 4.28. The summed E-state index contributed by atoms with van der Waals surface area (Å²) in [7, 11) is 0. The number of carbonyl (C=O) groups is 2. The zero-order valence-corrected chi connectivity index (χ0v) is 22.4. The Morgan fingerprint density at radius 3 is 2.19 bits per heavy atom. The van der Waals surface area contributed by atoms with Crippen LogP contribution in [0.3, 0.4) is 0 Å². The van der Waals surface area contributed by atoms with Crippen LogP contribution in [0.1, 0.15) is 35.3 Å². The lowest BCUT2D eigenvalue weighted by atomic mass is 9.83. The number of benzene rings is 2. The summed E-state index contributed by atoms with van der Waals surface area (Å²) in [5.74, 6) is -3.12. The maximum absolute atomic E-state index is 14.5. The number of amides is 1. The van der Waals surface area contributed by atoms with E-state index in [4.69, 9.17) is 0 Å². The Balaban J connectivity index is 1.30. The molecule has 2 aliphatic heterocycles. The monoisotopic (exact) mass is 599 g/mol. The number of carbonyl (C=O) groups excluding carboxylic acids is 2. The van der Waals surface area contributed by atoms with Crippen molar-refractivity contribution in [1.29, 1.82) is 0 Å². The summed E-state index contributed by atoms with van der Waals surface area (Å²) in [6.07, 6.45) is -1.71. The van der Waals surface area contributed by atoms with E-state index in [0.29, 0.717) is 43.6 Å². The summed E-state index contributed by atoms with van der Waals surface area (Å²) in [6, 6.07) is 10.5. The third-order valence-corrected chi connectivity index (χ3v) is 8.05. The van der Waals surface area contributed by atoms with Crippen molar-refractivity contribution < 1.29 is 35.9 Å². The number of ketones is 1. The van der Waals surface area contributed by atoms with Gasteiger partial charge in [-0.25, -0.2) is 17.9 Å². The first-order valence-electron chi connectivity index (χ1n) is 13.4. The smallest absolute Gasteiger partial charge is 0.358 e. The Morgan fingerprint density at radius 1 is 0.837 bits per heavy atom. The highest BCUT2D eigenvalue weighted by atomic mass is 19.4. The average molecular weight is 600 g/mol. The topological polar surface area (TPSA) is 71.3 Å². The van der Waals surface area contributed by atoms with Crippen LogP contribution < -0.4 is 4.90 Å². The molecular formula is C30H23F6N5O2. The highest BCUT2D eigenvalue weighted by Crippen LogP contribution is 2.40. The predicted octanol–water partition coefficient (Wildman–Crippen LogP) is 5.82. The summed E-state index contributed by atoms with van der Waals surface area (Å²) < 4.78 is 82.6. The second kappa shape index (κ2) is 10.5. The molecular weight excluding hydrogens is 576 g/mol. The molecule has 1 spiro atoms. The van der Waals surface area contributed by atoms with Crippen LogP contribution >= 0.6 is 0 Å². The Morgan fingerprint density at radius 2 is 1.53 bits per heavy atom. The van der Waals surface area contributed by atoms with Crippen LogP contribution in [0.2, 0.25) is 0 Å². The zero-order chi connectivity index (χ0) is 30.5. The Kier molecular flexibility index (Phi) is 6.98. The molecule has 2 aromatic heterocycles. The second-order valence-electron chi connectivity index (χ2n) is 10.5. The molecule has 2 saturated heterocycles. The number of hydrogen-bond donors (Lipinski definition) is 0. The number of aromatic nitrogens is 3. The normalized spacial score (nSPS) is 16.7. The van der Waals surface area contributed by atoms with Gasteiger partial charge in [0, 0.05) is 49.6 Å². The fraction of sp³-hybridized carbons (Fsp3) is 0.267. The van der Waals surface area contributed by atoms with Crippen LogP contribution in [0.5, 0.6) is 0 Å². The molecule has 0 atom stereocenters. The maximum Gasteiger partial charge on any atom is 0.419 e. The fourth-order valence-corrected chi connectivity index (χ4v) is 5.90. The van der Waals surface area contributed by atoms with Crippen LogP contribution in [0.4, 0.5) is 32.0 Å². The van der Waals surface area contributed by atoms with Crippen molar-refractivity contribution in [1.82, 2.24) is 19.7 Å². The Hall–Kier alpha value is -4.68. The SMILES string of the molecule is O=C(c1cc(-c2cncc(F)c2)n(-c2ccc(C(F)(F)F)c(F)c2)n1)N1CCC2(CC1)C(=O)CCN2c1ccc(F)cc1. The lowest BCUT2D eigenvalue weighted by Crippen LogP contribution is -2.56. The van der Waals surface area contributed by atoms with E-state index < -0.39 is 40.6 Å². The van der Waals surface area contributed by atoms with Crippen molar-refractivity contribution in [3.8, 4) is 16.9 Å². The van der Waals surface area contributed by atoms with Gasteiger partial charge in [0.15, 0.2) is 11.5 Å². The molecule has 0 N–H and O–H groups in total. The number of Topliss-reactive ketones (excluding diaryl/α,β-unsaturated/α-hetero) is 1. The standard InChI is InChI=1S/C30H23F6N5O2/c31-19-1-3-21(4-2-19)40-10-7-27(42)29(40)8-11-39(12-9-29)28(43)25-15-26(18-13-20(32)17-37-16-18)41(38-25)22-5-6-23(24(33)14-22)30(34,35)36/h1-6,13-17H,7-12H2. The van der Waals surface area contributed by atoms with E-state index in [9.17, 15) is 35.9 Å². The molecule has 222 valence electrons. The van der Waals surface area contributed by atoms with Gasteiger partial charge >= 0.3 is 6.18 Å². The zero-order valence-electron chi connectivity index (χ0n) is 22.4. The Labute approximate surface area is 241 Å². The molecule has 13 heteroatoms. The minimum atomic E-state index is -4.91. The number of alkyl halides is 3. The molecule has 1 amide bonds. The lowest BCUT2D eigenvalue weighted by Gasteiger charge is -2.44. The first-order valence-corrected chi connectivity index (χ1v) is 13.4. The molecule has 0 radical (unpaired) electrons. The first kappa shape index (κ1) is 28.4.